The molecule has 1 aliphatic rings. The Balaban J connectivity index is 1.38. The smallest absolute Gasteiger partial charge is 0.305 e. The summed E-state index contributed by atoms with van der Waals surface area (Å²) in [6.45, 7) is 4.04. The van der Waals surface area contributed by atoms with E-state index in [4.69, 9.17) is 9.84 Å². The van der Waals surface area contributed by atoms with Gasteiger partial charge in [-0.05, 0) is 55.0 Å². The van der Waals surface area contributed by atoms with E-state index in [1.54, 1.807) is 24.1 Å². The molecule has 4 rings (SSSR count). The molecule has 0 bridgehead atoms. The van der Waals surface area contributed by atoms with Crippen LogP contribution in [0, 0.1) is 11.8 Å². The first-order valence-corrected chi connectivity index (χ1v) is 14.5. The second-order valence-corrected chi connectivity index (χ2v) is 10.6. The summed E-state index contributed by atoms with van der Waals surface area (Å²) >= 11 is -2.56. The maximum Gasteiger partial charge on any atom is 0.305 e. The number of carbonyl (C=O) groups excluding carboxylic acids is 1. The summed E-state index contributed by atoms with van der Waals surface area (Å²) in [6, 6.07) is 22.0. The molecule has 0 spiro atoms. The summed E-state index contributed by atoms with van der Waals surface area (Å²) in [4.78, 5) is 26.1. The molecule has 1 amide bonds. The third-order valence-corrected chi connectivity index (χ3v) is 7.75. The van der Waals surface area contributed by atoms with E-state index in [1.807, 2.05) is 60.7 Å². The third kappa shape index (κ3) is 8.18. The summed E-state index contributed by atoms with van der Waals surface area (Å²) in [5.74, 6) is 5.44. The number of methoxy groups -OCH3 is 1. The molecule has 1 aliphatic heterocycles. The Morgan fingerprint density at radius 2 is 1.67 bits per heavy atom. The number of hydrogen-bond donors (Lipinski definition) is 2. The summed E-state index contributed by atoms with van der Waals surface area (Å²) in [7, 11) is 1.52. The zero-order chi connectivity index (χ0) is 30.1. The predicted molar refractivity (Wildman–Crippen MR) is 159 cm³/mol. The molecular weight excluding hydrogens is 556 g/mol. The molecule has 0 radical (unpaired) electrons. The van der Waals surface area contributed by atoms with Crippen LogP contribution in [0.3, 0.4) is 0 Å². The van der Waals surface area contributed by atoms with Gasteiger partial charge in [-0.1, -0.05) is 42.2 Å². The average molecular weight is 590 g/mol. The third-order valence-electron chi connectivity index (χ3n) is 6.86. The van der Waals surface area contributed by atoms with Gasteiger partial charge in [0.25, 0.3) is 5.91 Å². The first kappa shape index (κ1) is 30.7. The Labute approximate surface area is 248 Å². The summed E-state index contributed by atoms with van der Waals surface area (Å²) in [5, 5.41) is 13.7. The van der Waals surface area contributed by atoms with Crippen molar-refractivity contribution in [2.75, 3.05) is 38.2 Å². The quantitative estimate of drug-likeness (QED) is 0.273. The van der Waals surface area contributed by atoms with Crippen molar-refractivity contribution in [2.45, 2.75) is 25.9 Å². The van der Waals surface area contributed by atoms with Crippen LogP contribution in [-0.2, 0) is 22.6 Å². The number of benzene rings is 3. The van der Waals surface area contributed by atoms with Crippen molar-refractivity contribution in [3.05, 3.63) is 95.1 Å². The molecule has 3 aromatic carbocycles. The molecule has 3 aromatic rings. The van der Waals surface area contributed by atoms with Crippen molar-refractivity contribution in [3.8, 4) is 17.6 Å². The van der Waals surface area contributed by atoms with Crippen LogP contribution in [-0.4, -0.2) is 74.5 Å². The van der Waals surface area contributed by atoms with Crippen molar-refractivity contribution in [3.63, 3.8) is 0 Å². The van der Waals surface area contributed by atoms with Gasteiger partial charge in [-0.15, -0.1) is 0 Å². The topological polar surface area (TPSA) is 125 Å². The van der Waals surface area contributed by atoms with Crippen molar-refractivity contribution in [2.24, 2.45) is 0 Å². The number of rotatable bonds is 10. The van der Waals surface area contributed by atoms with Crippen LogP contribution in [0.5, 0.6) is 5.75 Å². The lowest BCUT2D eigenvalue weighted by atomic mass is 10.1. The molecule has 0 aromatic heterocycles. The van der Waals surface area contributed by atoms with Crippen molar-refractivity contribution in [1.29, 1.82) is 0 Å². The number of hydrogen-bond acceptors (Lipinski definition) is 7. The summed E-state index contributed by atoms with van der Waals surface area (Å²) < 4.78 is 30.1. The molecular formula is C31H33N4O6S-. The average Bonchev–Trinajstić information content (AvgIpc) is 2.99. The number of carbonyl (C=O) groups is 2. The largest absolute Gasteiger partial charge is 0.759 e. The highest BCUT2D eigenvalue weighted by molar-refractivity contribution is 7.76. The lowest BCUT2D eigenvalue weighted by Crippen LogP contribution is -2.57. The van der Waals surface area contributed by atoms with E-state index in [1.165, 1.54) is 7.11 Å². The number of anilines is 1. The van der Waals surface area contributed by atoms with E-state index in [2.05, 4.69) is 22.1 Å². The Kier molecular flexibility index (Phi) is 10.7. The fraction of sp³-hybridized carbons (Fsp3) is 0.290. The minimum atomic E-state index is -2.56. The van der Waals surface area contributed by atoms with E-state index in [-0.39, 0.29) is 12.3 Å². The van der Waals surface area contributed by atoms with Gasteiger partial charge in [0, 0.05) is 66.8 Å². The second-order valence-electron chi connectivity index (χ2n) is 9.79. The van der Waals surface area contributed by atoms with Gasteiger partial charge < -0.3 is 24.6 Å². The van der Waals surface area contributed by atoms with Gasteiger partial charge >= 0.3 is 5.97 Å². The van der Waals surface area contributed by atoms with Crippen molar-refractivity contribution >= 4 is 28.8 Å². The molecule has 2 N–H and O–H groups in total. The molecule has 10 nitrogen and oxygen atoms in total. The summed E-state index contributed by atoms with van der Waals surface area (Å²) in [5.41, 5.74) is 3.87. The van der Waals surface area contributed by atoms with E-state index in [0.29, 0.717) is 49.6 Å². The minimum absolute atomic E-state index is 0.246. The number of amides is 1. The zero-order valence-electron chi connectivity index (χ0n) is 23.5. The van der Waals surface area contributed by atoms with Gasteiger partial charge in [0.15, 0.2) is 0 Å². The summed E-state index contributed by atoms with van der Waals surface area (Å²) in [6.07, 6.45) is -0.268. The number of ether oxygens (including phenoxy) is 1. The van der Waals surface area contributed by atoms with Gasteiger partial charge in [0.1, 0.15) is 5.75 Å². The van der Waals surface area contributed by atoms with Crippen LogP contribution in [0.15, 0.2) is 72.8 Å². The first-order chi connectivity index (χ1) is 20.2. The monoisotopic (exact) mass is 589 g/mol. The van der Waals surface area contributed by atoms with Crippen LogP contribution < -0.4 is 15.0 Å². The Morgan fingerprint density at radius 3 is 2.29 bits per heavy atom. The molecule has 2 unspecified atom stereocenters. The van der Waals surface area contributed by atoms with Crippen LogP contribution in [0.25, 0.3) is 0 Å². The first-order valence-electron chi connectivity index (χ1n) is 13.5. The number of aliphatic carboxylic acids is 1. The highest BCUT2D eigenvalue weighted by Crippen LogP contribution is 2.22. The highest BCUT2D eigenvalue weighted by Gasteiger charge is 2.28. The number of nitrogens with zero attached hydrogens (tertiary/aromatic N) is 3. The molecule has 0 saturated carbocycles. The zero-order valence-corrected chi connectivity index (χ0v) is 24.3. The van der Waals surface area contributed by atoms with Gasteiger partial charge in [-0.25, -0.2) is 5.01 Å². The van der Waals surface area contributed by atoms with Gasteiger partial charge in [0.05, 0.1) is 19.1 Å². The number of carboxylic acids is 1. The second kappa shape index (κ2) is 14.6. The molecule has 42 heavy (non-hydrogen) atoms. The molecule has 1 fully saturated rings. The lowest BCUT2D eigenvalue weighted by Gasteiger charge is -2.44. The van der Waals surface area contributed by atoms with Gasteiger partial charge in [-0.2, -0.15) is 4.41 Å². The molecule has 2 atom stereocenters. The van der Waals surface area contributed by atoms with E-state index < -0.39 is 23.3 Å². The maximum atomic E-state index is 12.9. The normalized spacial score (nSPS) is 14.9. The van der Waals surface area contributed by atoms with Gasteiger partial charge in [-0.3, -0.25) is 13.8 Å². The van der Waals surface area contributed by atoms with E-state index >= 15 is 0 Å². The minimum Gasteiger partial charge on any atom is -0.759 e. The van der Waals surface area contributed by atoms with Crippen LogP contribution in [0.4, 0.5) is 5.69 Å². The van der Waals surface area contributed by atoms with Crippen LogP contribution >= 0.6 is 0 Å². The number of hydrazine groups is 1. The maximum absolute atomic E-state index is 12.9. The Hall–Kier alpha value is -4.21. The number of carboxylic acid groups (broad SMARTS) is 1. The van der Waals surface area contributed by atoms with Crippen molar-refractivity contribution in [1.82, 2.24) is 14.7 Å². The van der Waals surface area contributed by atoms with E-state index in [9.17, 15) is 18.4 Å². The van der Waals surface area contributed by atoms with E-state index in [0.717, 1.165) is 21.2 Å². The molecule has 0 aliphatic carbocycles. The standard InChI is InChI=1S/C31H34N4O6S/c1-23(20-30(36)37)35(42(39)40)34-18-16-33(17-19-34)27-13-10-24(11-14-27)8-9-25-12-15-29(41-2)28(21-25)31(38)32-22-26-6-4-3-5-7-26/h3-7,10-15,21,23H,16-20,22H2,1-2H3,(H,32,38)(H,36,37)(H,39,40)/p-1. The molecule has 1 heterocycles. The number of nitrogens with one attached hydrogen (secondary N) is 1. The molecule has 11 heteroatoms. The fourth-order valence-electron chi connectivity index (χ4n) is 4.74. The predicted octanol–water partition coefficient (Wildman–Crippen LogP) is 3.02. The molecule has 1 saturated heterocycles. The number of piperazine rings is 1. The SMILES string of the molecule is COc1ccc(C#Cc2ccc(N3CCN(N(C(C)CC(=O)O)S(=O)[O-])CC3)cc2)cc1C(=O)NCc1ccccc1. The van der Waals surface area contributed by atoms with Crippen molar-refractivity contribution < 1.29 is 28.2 Å². The van der Waals surface area contributed by atoms with Gasteiger partial charge in [0.2, 0.25) is 0 Å². The highest BCUT2D eigenvalue weighted by atomic mass is 32.2. The lowest BCUT2D eigenvalue weighted by molar-refractivity contribution is -0.139. The Bertz CT molecular complexity index is 1460. The Morgan fingerprint density at radius 1 is 1.02 bits per heavy atom. The fourth-order valence-corrected chi connectivity index (χ4v) is 5.46. The molecule has 220 valence electrons. The van der Waals surface area contributed by atoms with Crippen LogP contribution in [0.1, 0.15) is 40.4 Å². The van der Waals surface area contributed by atoms with Crippen LogP contribution in [0.2, 0.25) is 0 Å².